The molecule has 7 rings (SSSR count). The van der Waals surface area contributed by atoms with Gasteiger partial charge in [0.25, 0.3) is 0 Å². The number of carbonyl (C=O) groups is 1. The molecule has 3 aliphatic heterocycles. The highest BCUT2D eigenvalue weighted by Crippen LogP contribution is 2.39. The normalized spacial score (nSPS) is 19.7. The number of amides is 2. The number of alkyl halides is 3. The molecule has 4 N–H and O–H groups in total. The van der Waals surface area contributed by atoms with Gasteiger partial charge < -0.3 is 35.1 Å². The van der Waals surface area contributed by atoms with Gasteiger partial charge in [-0.2, -0.15) is 13.2 Å². The molecule has 0 aliphatic carbocycles. The molecular weight excluding hydrogens is 613 g/mol. The number of aliphatic hydroxyl groups is 1. The monoisotopic (exact) mass is 650 g/mol. The summed E-state index contributed by atoms with van der Waals surface area (Å²) < 4.78 is 53.8. The van der Waals surface area contributed by atoms with Crippen molar-refractivity contribution in [3.63, 3.8) is 0 Å². The number of halogens is 3. The lowest BCUT2D eigenvalue weighted by molar-refractivity contribution is -0.186. The number of aromatic nitrogens is 2. The molecule has 248 valence electrons. The van der Waals surface area contributed by atoms with Crippen molar-refractivity contribution < 1.29 is 32.5 Å². The third-order valence-corrected chi connectivity index (χ3v) is 9.31. The topological polar surface area (TPSA) is 115 Å². The predicted octanol–water partition coefficient (Wildman–Crippen LogP) is 5.54. The van der Waals surface area contributed by atoms with Crippen LogP contribution in [0.1, 0.15) is 47.2 Å². The molecule has 2 fully saturated rings. The highest BCUT2D eigenvalue weighted by Gasteiger charge is 2.40. The van der Waals surface area contributed by atoms with E-state index < -0.39 is 23.4 Å². The number of fused-ring (bicyclic) bond motifs is 2. The third kappa shape index (κ3) is 6.40. The molecule has 2 amide bonds. The SMILES string of the molecule is CC[C@H]1CN(C(=O)Nc2ccc(CN3CCNCC3)c(C(F)(F)F)c2)Cc2cc(Oc3ccnc4[nH]c(C5(O)COC5)cc34)ccc21. The minimum absolute atomic E-state index is 0.0519. The van der Waals surface area contributed by atoms with Crippen molar-refractivity contribution in [2.75, 3.05) is 51.3 Å². The average molecular weight is 651 g/mol. The van der Waals surface area contributed by atoms with E-state index in [1.54, 1.807) is 23.2 Å². The van der Waals surface area contributed by atoms with Gasteiger partial charge in [0.2, 0.25) is 0 Å². The number of H-pyrrole nitrogens is 1. The molecule has 0 bridgehead atoms. The number of benzene rings is 2. The Morgan fingerprint density at radius 3 is 2.68 bits per heavy atom. The fraction of sp³-hybridized carbons (Fsp3) is 0.412. The van der Waals surface area contributed by atoms with E-state index in [4.69, 9.17) is 9.47 Å². The number of nitrogens with zero attached hydrogens (tertiary/aromatic N) is 3. The summed E-state index contributed by atoms with van der Waals surface area (Å²) in [4.78, 5) is 24.6. The summed E-state index contributed by atoms with van der Waals surface area (Å²) in [5.74, 6) is 1.17. The van der Waals surface area contributed by atoms with Crippen molar-refractivity contribution in [2.24, 2.45) is 0 Å². The maximum Gasteiger partial charge on any atom is 0.416 e. The van der Waals surface area contributed by atoms with Crippen LogP contribution in [-0.4, -0.2) is 76.8 Å². The quantitative estimate of drug-likeness (QED) is 0.208. The van der Waals surface area contributed by atoms with Crippen molar-refractivity contribution in [2.45, 2.75) is 44.1 Å². The van der Waals surface area contributed by atoms with Gasteiger partial charge in [-0.25, -0.2) is 9.78 Å². The first-order valence-electron chi connectivity index (χ1n) is 15.9. The van der Waals surface area contributed by atoms with Gasteiger partial charge in [0.05, 0.1) is 29.9 Å². The molecule has 4 aromatic rings. The van der Waals surface area contributed by atoms with Gasteiger partial charge in [-0.1, -0.05) is 19.1 Å². The third-order valence-electron chi connectivity index (χ3n) is 9.31. The van der Waals surface area contributed by atoms with Crippen LogP contribution in [0, 0.1) is 0 Å². The molecule has 0 spiro atoms. The van der Waals surface area contributed by atoms with E-state index in [2.05, 4.69) is 20.6 Å². The van der Waals surface area contributed by atoms with E-state index in [9.17, 15) is 23.1 Å². The minimum atomic E-state index is -4.55. The summed E-state index contributed by atoms with van der Waals surface area (Å²) in [7, 11) is 0. The lowest BCUT2D eigenvalue weighted by Gasteiger charge is -2.35. The number of anilines is 1. The molecule has 0 saturated carbocycles. The van der Waals surface area contributed by atoms with E-state index in [-0.39, 0.29) is 43.5 Å². The summed E-state index contributed by atoms with van der Waals surface area (Å²) in [6, 6.07) is 13.0. The summed E-state index contributed by atoms with van der Waals surface area (Å²) in [6.45, 7) is 6.20. The maximum absolute atomic E-state index is 14.1. The van der Waals surface area contributed by atoms with Crippen LogP contribution in [0.5, 0.6) is 11.5 Å². The Kier molecular flexibility index (Phi) is 8.33. The molecule has 0 unspecified atom stereocenters. The first kappa shape index (κ1) is 31.4. The van der Waals surface area contributed by atoms with E-state index in [1.807, 2.05) is 36.1 Å². The van der Waals surface area contributed by atoms with Gasteiger partial charge in [-0.3, -0.25) is 4.90 Å². The molecule has 5 heterocycles. The minimum Gasteiger partial charge on any atom is -0.457 e. The Morgan fingerprint density at radius 2 is 1.96 bits per heavy atom. The predicted molar refractivity (Wildman–Crippen MR) is 169 cm³/mol. The zero-order chi connectivity index (χ0) is 32.8. The summed E-state index contributed by atoms with van der Waals surface area (Å²) in [6.07, 6.45) is -2.15. The first-order chi connectivity index (χ1) is 22.6. The number of hydrogen-bond donors (Lipinski definition) is 4. The highest BCUT2D eigenvalue weighted by molar-refractivity contribution is 5.90. The van der Waals surface area contributed by atoms with Gasteiger partial charge in [0.1, 0.15) is 17.1 Å². The van der Waals surface area contributed by atoms with Crippen LogP contribution in [0.3, 0.4) is 0 Å². The van der Waals surface area contributed by atoms with Crippen molar-refractivity contribution in [1.29, 1.82) is 0 Å². The molecular formula is C34H37F3N6O4. The van der Waals surface area contributed by atoms with Gasteiger partial charge in [0, 0.05) is 63.6 Å². The van der Waals surface area contributed by atoms with Crippen LogP contribution >= 0.6 is 0 Å². The van der Waals surface area contributed by atoms with E-state index in [0.717, 1.165) is 36.7 Å². The van der Waals surface area contributed by atoms with Crippen molar-refractivity contribution in [3.8, 4) is 11.5 Å². The second-order valence-electron chi connectivity index (χ2n) is 12.6. The van der Waals surface area contributed by atoms with Gasteiger partial charge >= 0.3 is 12.2 Å². The molecule has 10 nitrogen and oxygen atoms in total. The molecule has 13 heteroatoms. The van der Waals surface area contributed by atoms with Gasteiger partial charge in [0.15, 0.2) is 5.60 Å². The van der Waals surface area contributed by atoms with Crippen LogP contribution in [0.4, 0.5) is 23.7 Å². The van der Waals surface area contributed by atoms with Crippen molar-refractivity contribution in [1.82, 2.24) is 25.1 Å². The summed E-state index contributed by atoms with van der Waals surface area (Å²) >= 11 is 0. The highest BCUT2D eigenvalue weighted by atomic mass is 19.4. The van der Waals surface area contributed by atoms with Crippen molar-refractivity contribution in [3.05, 3.63) is 82.7 Å². The number of ether oxygens (including phenoxy) is 2. The number of nitrogens with one attached hydrogen (secondary N) is 3. The second kappa shape index (κ2) is 12.5. The van der Waals surface area contributed by atoms with Gasteiger partial charge in [-0.15, -0.1) is 0 Å². The number of pyridine rings is 1. The van der Waals surface area contributed by atoms with Crippen LogP contribution in [0.25, 0.3) is 11.0 Å². The van der Waals surface area contributed by atoms with Crippen molar-refractivity contribution >= 4 is 22.8 Å². The average Bonchev–Trinajstić information content (AvgIpc) is 3.49. The smallest absolute Gasteiger partial charge is 0.416 e. The van der Waals surface area contributed by atoms with Crippen LogP contribution in [-0.2, 0) is 29.6 Å². The number of rotatable bonds is 7. The number of hydrogen-bond acceptors (Lipinski definition) is 7. The molecule has 2 aromatic heterocycles. The number of urea groups is 1. The van der Waals surface area contributed by atoms with E-state index in [0.29, 0.717) is 47.9 Å². The second-order valence-corrected chi connectivity index (χ2v) is 12.6. The Morgan fingerprint density at radius 1 is 1.15 bits per heavy atom. The van der Waals surface area contributed by atoms with Crippen LogP contribution in [0.15, 0.2) is 54.7 Å². The maximum atomic E-state index is 14.1. The molecule has 1 atom stereocenters. The molecule has 2 aromatic carbocycles. The van der Waals surface area contributed by atoms with E-state index >= 15 is 0 Å². The summed E-state index contributed by atoms with van der Waals surface area (Å²) in [5.41, 5.74) is 1.68. The standard InChI is InChI=1S/C34H37F3N6O4/c1-2-21-17-43(32(44)40-24-4-3-22(28(14-24)34(35,36)37)16-42-11-9-38-10-12-42)18-23-13-25(5-6-26(21)23)47-29-7-8-39-31-27(29)15-30(41-31)33(45)19-46-20-33/h3-8,13-15,21,38,45H,2,9-12,16-20H2,1H3,(H,39,41)(H,40,44)/t21-/m0/s1. The fourth-order valence-electron chi connectivity index (χ4n) is 6.61. The summed E-state index contributed by atoms with van der Waals surface area (Å²) in [5, 5.41) is 17.4. The lowest BCUT2D eigenvalue weighted by Crippen LogP contribution is -2.46. The van der Waals surface area contributed by atoms with Gasteiger partial charge in [-0.05, 0) is 59.5 Å². The molecule has 47 heavy (non-hydrogen) atoms. The number of carbonyl (C=O) groups excluding carboxylic acids is 1. The zero-order valence-corrected chi connectivity index (χ0v) is 26.0. The molecule has 3 aliphatic rings. The number of piperazine rings is 1. The molecule has 0 radical (unpaired) electrons. The Hall–Kier alpha value is -4.17. The Labute approximate surface area is 269 Å². The van der Waals surface area contributed by atoms with Crippen LogP contribution in [0.2, 0.25) is 0 Å². The zero-order valence-electron chi connectivity index (χ0n) is 26.0. The largest absolute Gasteiger partial charge is 0.457 e. The molecule has 2 saturated heterocycles. The lowest BCUT2D eigenvalue weighted by atomic mass is 9.88. The fourth-order valence-corrected chi connectivity index (χ4v) is 6.61. The Balaban J connectivity index is 1.09. The number of aromatic amines is 1. The van der Waals surface area contributed by atoms with Crippen LogP contribution < -0.4 is 15.4 Å². The first-order valence-corrected chi connectivity index (χ1v) is 15.9. The van der Waals surface area contributed by atoms with E-state index in [1.165, 1.54) is 6.07 Å². The Bertz CT molecular complexity index is 1780.